The van der Waals surface area contributed by atoms with Gasteiger partial charge in [0.25, 0.3) is 0 Å². The second kappa shape index (κ2) is 6.90. The number of allylic oxidation sites excluding steroid dienone is 4. The highest BCUT2D eigenvalue weighted by Crippen LogP contribution is 2.51. The summed E-state index contributed by atoms with van der Waals surface area (Å²) in [4.78, 5) is 14.0. The third-order valence-corrected chi connectivity index (χ3v) is 7.34. The summed E-state index contributed by atoms with van der Waals surface area (Å²) in [7, 11) is 0. The molecule has 0 amide bonds. The van der Waals surface area contributed by atoms with Crippen molar-refractivity contribution in [2.75, 3.05) is 6.61 Å². The first kappa shape index (κ1) is 19.2. The van der Waals surface area contributed by atoms with E-state index in [1.54, 1.807) is 0 Å². The van der Waals surface area contributed by atoms with E-state index in [9.17, 15) is 4.79 Å². The third kappa shape index (κ3) is 3.04. The first-order chi connectivity index (χ1) is 13.9. The van der Waals surface area contributed by atoms with Gasteiger partial charge in [-0.15, -0.1) is 23.2 Å². The fourth-order valence-corrected chi connectivity index (χ4v) is 5.70. The largest absolute Gasteiger partial charge is 0.430 e. The van der Waals surface area contributed by atoms with Crippen LogP contribution in [0, 0.1) is 0 Å². The fraction of sp³-hybridized carbons (Fsp3) is 0.435. The number of H-pyrrole nitrogens is 1. The van der Waals surface area contributed by atoms with Gasteiger partial charge in [0, 0.05) is 17.9 Å². The van der Waals surface area contributed by atoms with Crippen molar-refractivity contribution in [1.82, 2.24) is 4.98 Å². The molecule has 2 heterocycles. The van der Waals surface area contributed by atoms with Gasteiger partial charge < -0.3 is 14.5 Å². The summed E-state index contributed by atoms with van der Waals surface area (Å²) in [6.45, 7) is 1.88. The quantitative estimate of drug-likeness (QED) is 0.488. The third-order valence-electron chi connectivity index (χ3n) is 6.30. The standard InChI is InChI=1S/C23H23Cl2NO3/c1-14(27)29-21-19-15(8-13-28-21)18-16(22(24)9-2-3-10-22)6-7-17(20(18)26-19)23(25)11-4-5-12-23/h4-7,11-12,21,26H,2-3,8-10,13H2,1H3. The van der Waals surface area contributed by atoms with E-state index < -0.39 is 11.2 Å². The van der Waals surface area contributed by atoms with Gasteiger partial charge in [0.2, 0.25) is 6.29 Å². The van der Waals surface area contributed by atoms with Crippen LogP contribution in [0.2, 0.25) is 0 Å². The predicted octanol–water partition coefficient (Wildman–Crippen LogP) is 5.87. The van der Waals surface area contributed by atoms with Gasteiger partial charge in [-0.25, -0.2) is 0 Å². The van der Waals surface area contributed by atoms with Gasteiger partial charge in [-0.1, -0.05) is 49.3 Å². The van der Waals surface area contributed by atoms with Gasteiger partial charge in [-0.3, -0.25) is 4.79 Å². The lowest BCUT2D eigenvalue weighted by Crippen LogP contribution is -2.21. The van der Waals surface area contributed by atoms with Crippen molar-refractivity contribution < 1.29 is 14.3 Å². The molecule has 1 aliphatic heterocycles. The van der Waals surface area contributed by atoms with E-state index in [1.165, 1.54) is 6.92 Å². The van der Waals surface area contributed by atoms with Crippen LogP contribution in [0.25, 0.3) is 10.9 Å². The maximum absolute atomic E-state index is 11.6. The zero-order chi connectivity index (χ0) is 20.2. The highest BCUT2D eigenvalue weighted by Gasteiger charge is 2.39. The van der Waals surface area contributed by atoms with E-state index in [0.717, 1.165) is 65.4 Å². The summed E-state index contributed by atoms with van der Waals surface area (Å²) in [6.07, 6.45) is 12.0. The number of hydrogen-bond acceptors (Lipinski definition) is 3. The van der Waals surface area contributed by atoms with Crippen LogP contribution in [-0.2, 0) is 30.4 Å². The fourth-order valence-electron chi connectivity index (χ4n) is 4.97. The molecule has 1 unspecified atom stereocenters. The number of alkyl halides is 2. The molecular formula is C23H23Cl2NO3. The second-order valence-corrected chi connectivity index (χ2v) is 9.50. The summed E-state index contributed by atoms with van der Waals surface area (Å²) in [5.41, 5.74) is 4.97. The minimum atomic E-state index is -0.736. The van der Waals surface area contributed by atoms with E-state index in [0.29, 0.717) is 6.61 Å². The number of aromatic amines is 1. The van der Waals surface area contributed by atoms with Crippen LogP contribution >= 0.6 is 23.2 Å². The molecule has 1 fully saturated rings. The number of esters is 1. The number of rotatable bonds is 3. The molecular weight excluding hydrogens is 409 g/mol. The molecule has 2 aliphatic carbocycles. The van der Waals surface area contributed by atoms with E-state index in [2.05, 4.69) is 17.1 Å². The molecule has 1 aromatic heterocycles. The molecule has 2 aromatic rings. The number of halogens is 2. The van der Waals surface area contributed by atoms with Crippen LogP contribution < -0.4 is 0 Å². The Kier molecular flexibility index (Phi) is 4.57. The minimum Gasteiger partial charge on any atom is -0.430 e. The van der Waals surface area contributed by atoms with Crippen molar-refractivity contribution >= 4 is 40.1 Å². The van der Waals surface area contributed by atoms with Crippen molar-refractivity contribution in [2.45, 2.75) is 55.1 Å². The molecule has 1 N–H and O–H groups in total. The Hall–Kier alpha value is -1.75. The number of carbonyl (C=O) groups is 1. The average Bonchev–Trinajstić information content (AvgIpc) is 3.40. The molecule has 29 heavy (non-hydrogen) atoms. The van der Waals surface area contributed by atoms with Crippen molar-refractivity contribution in [3.8, 4) is 0 Å². The Morgan fingerprint density at radius 2 is 1.86 bits per heavy atom. The zero-order valence-electron chi connectivity index (χ0n) is 16.3. The molecule has 0 radical (unpaired) electrons. The maximum Gasteiger partial charge on any atom is 0.305 e. The minimum absolute atomic E-state index is 0.372. The Balaban J connectivity index is 1.78. The number of benzene rings is 1. The second-order valence-electron chi connectivity index (χ2n) is 8.15. The van der Waals surface area contributed by atoms with Gasteiger partial charge in [0.1, 0.15) is 4.87 Å². The van der Waals surface area contributed by atoms with Crippen molar-refractivity contribution in [3.05, 3.63) is 58.8 Å². The Labute approximate surface area is 179 Å². The summed E-state index contributed by atoms with van der Waals surface area (Å²) in [5, 5.41) is 1.11. The average molecular weight is 432 g/mol. The maximum atomic E-state index is 11.6. The molecule has 1 atom stereocenters. The molecule has 0 bridgehead atoms. The van der Waals surface area contributed by atoms with Crippen molar-refractivity contribution in [3.63, 3.8) is 0 Å². The monoisotopic (exact) mass is 431 g/mol. The molecule has 0 saturated heterocycles. The predicted molar refractivity (Wildman–Crippen MR) is 114 cm³/mol. The Bertz CT molecular complexity index is 1030. The number of fused-ring (bicyclic) bond motifs is 3. The van der Waals surface area contributed by atoms with Crippen molar-refractivity contribution in [1.29, 1.82) is 0 Å². The topological polar surface area (TPSA) is 51.3 Å². The molecule has 1 saturated carbocycles. The molecule has 1 aromatic carbocycles. The first-order valence-corrected chi connectivity index (χ1v) is 10.9. The van der Waals surface area contributed by atoms with Gasteiger partial charge in [-0.2, -0.15) is 0 Å². The Morgan fingerprint density at radius 1 is 1.17 bits per heavy atom. The summed E-state index contributed by atoms with van der Waals surface area (Å²) >= 11 is 14.1. The van der Waals surface area contributed by atoms with E-state index in [-0.39, 0.29) is 10.8 Å². The lowest BCUT2D eigenvalue weighted by Gasteiger charge is -2.27. The summed E-state index contributed by atoms with van der Waals surface area (Å²) in [6, 6.07) is 4.22. The Morgan fingerprint density at radius 3 is 2.55 bits per heavy atom. The van der Waals surface area contributed by atoms with Crippen LogP contribution in [0.4, 0.5) is 0 Å². The van der Waals surface area contributed by atoms with Crippen LogP contribution in [0.3, 0.4) is 0 Å². The van der Waals surface area contributed by atoms with Gasteiger partial charge in [0.15, 0.2) is 0 Å². The molecule has 152 valence electrons. The lowest BCUT2D eigenvalue weighted by atomic mass is 9.86. The number of nitrogens with one attached hydrogen (secondary N) is 1. The lowest BCUT2D eigenvalue weighted by molar-refractivity contribution is -0.181. The summed E-state index contributed by atoms with van der Waals surface area (Å²) < 4.78 is 11.2. The zero-order valence-corrected chi connectivity index (χ0v) is 17.8. The molecule has 0 spiro atoms. The van der Waals surface area contributed by atoms with Crippen LogP contribution in [0.5, 0.6) is 0 Å². The van der Waals surface area contributed by atoms with E-state index in [1.807, 2.05) is 24.3 Å². The smallest absolute Gasteiger partial charge is 0.305 e. The normalized spacial score (nSPS) is 24.2. The van der Waals surface area contributed by atoms with Gasteiger partial charge >= 0.3 is 5.97 Å². The highest BCUT2D eigenvalue weighted by atomic mass is 35.5. The number of carbonyl (C=O) groups excluding carboxylic acids is 1. The number of hydrogen-bond donors (Lipinski definition) is 1. The van der Waals surface area contributed by atoms with E-state index >= 15 is 0 Å². The number of ether oxygens (including phenoxy) is 2. The number of aromatic nitrogens is 1. The first-order valence-electron chi connectivity index (χ1n) is 10.1. The molecule has 4 nitrogen and oxygen atoms in total. The van der Waals surface area contributed by atoms with Crippen molar-refractivity contribution in [2.24, 2.45) is 0 Å². The van der Waals surface area contributed by atoms with Gasteiger partial charge in [-0.05, 0) is 30.4 Å². The van der Waals surface area contributed by atoms with Crippen LogP contribution in [-0.4, -0.2) is 17.6 Å². The molecule has 6 heteroatoms. The molecule has 5 rings (SSSR count). The van der Waals surface area contributed by atoms with Gasteiger partial charge in [0.05, 0.1) is 22.7 Å². The van der Waals surface area contributed by atoms with Crippen LogP contribution in [0.15, 0.2) is 36.4 Å². The van der Waals surface area contributed by atoms with Crippen LogP contribution in [0.1, 0.15) is 61.3 Å². The highest BCUT2D eigenvalue weighted by molar-refractivity contribution is 6.28. The molecule has 3 aliphatic rings. The summed E-state index contributed by atoms with van der Waals surface area (Å²) in [5.74, 6) is -0.373. The SMILES string of the molecule is CC(=O)OC1OCCc2c1[nH]c1c(C3(Cl)C=CC=C3)ccc(C3(Cl)CCCC3)c21. The van der Waals surface area contributed by atoms with E-state index in [4.69, 9.17) is 32.7 Å².